The molecular weight excluding hydrogens is 378 g/mol. The Morgan fingerprint density at radius 1 is 0.900 bits per heavy atom. The van der Waals surface area contributed by atoms with E-state index in [2.05, 4.69) is 4.98 Å². The van der Waals surface area contributed by atoms with E-state index in [0.717, 1.165) is 21.9 Å². The van der Waals surface area contributed by atoms with Crippen molar-refractivity contribution in [2.75, 3.05) is 0 Å². The standard InChI is InChI=1S/C25H17NO4/c27-23-13-11-16-10-12-18(14-22(16)30-23)29-25(17-6-2-1-3-7-17)24(28)20-15-26-21-9-5-4-8-19(20)21/h1-15,25-26H/t25-/m1/s1. The molecule has 146 valence electrons. The fourth-order valence-electron chi connectivity index (χ4n) is 3.57. The lowest BCUT2D eigenvalue weighted by Gasteiger charge is -2.18. The number of carbonyl (C=O) groups excluding carboxylic acids is 1. The first-order chi connectivity index (χ1) is 14.7. The Balaban J connectivity index is 1.57. The third kappa shape index (κ3) is 3.26. The van der Waals surface area contributed by atoms with E-state index in [0.29, 0.717) is 16.9 Å². The van der Waals surface area contributed by atoms with Crippen LogP contribution in [0.5, 0.6) is 5.75 Å². The molecule has 0 bridgehead atoms. The van der Waals surface area contributed by atoms with Gasteiger partial charge in [0.05, 0.1) is 0 Å². The molecule has 0 aliphatic rings. The highest BCUT2D eigenvalue weighted by atomic mass is 16.5. The SMILES string of the molecule is O=C(c1c[nH]c2ccccc12)[C@H](Oc1ccc2ccc(=O)oc2c1)c1ccccc1. The molecule has 0 radical (unpaired) electrons. The number of rotatable bonds is 5. The van der Waals surface area contributed by atoms with Gasteiger partial charge < -0.3 is 14.1 Å². The highest BCUT2D eigenvalue weighted by Gasteiger charge is 2.26. The molecule has 5 heteroatoms. The van der Waals surface area contributed by atoms with Gasteiger partial charge in [-0.25, -0.2) is 4.79 Å². The summed E-state index contributed by atoms with van der Waals surface area (Å²) in [6.07, 6.45) is 0.865. The van der Waals surface area contributed by atoms with E-state index in [4.69, 9.17) is 9.15 Å². The molecular formula is C25H17NO4. The summed E-state index contributed by atoms with van der Waals surface area (Å²) in [4.78, 5) is 28.2. The first-order valence-corrected chi connectivity index (χ1v) is 9.55. The van der Waals surface area contributed by atoms with Gasteiger partial charge in [0.2, 0.25) is 5.78 Å². The lowest BCUT2D eigenvalue weighted by Crippen LogP contribution is -2.19. The number of para-hydroxylation sites is 1. The van der Waals surface area contributed by atoms with Crippen molar-refractivity contribution in [1.29, 1.82) is 0 Å². The molecule has 30 heavy (non-hydrogen) atoms. The van der Waals surface area contributed by atoms with Gasteiger partial charge in [-0.15, -0.1) is 0 Å². The van der Waals surface area contributed by atoms with E-state index < -0.39 is 11.7 Å². The van der Waals surface area contributed by atoms with Crippen LogP contribution in [0.4, 0.5) is 0 Å². The average Bonchev–Trinajstić information content (AvgIpc) is 3.21. The highest BCUT2D eigenvalue weighted by molar-refractivity contribution is 6.10. The second kappa shape index (κ2) is 7.37. The molecule has 1 N–H and O–H groups in total. The fourth-order valence-corrected chi connectivity index (χ4v) is 3.57. The lowest BCUT2D eigenvalue weighted by atomic mass is 9.99. The molecule has 1 atom stereocenters. The Hall–Kier alpha value is -4.12. The monoisotopic (exact) mass is 395 g/mol. The molecule has 0 spiro atoms. The van der Waals surface area contributed by atoms with E-state index in [1.54, 1.807) is 30.5 Å². The number of carbonyl (C=O) groups is 1. The van der Waals surface area contributed by atoms with Crippen LogP contribution in [0.15, 0.2) is 100 Å². The van der Waals surface area contributed by atoms with Crippen molar-refractivity contribution in [1.82, 2.24) is 4.98 Å². The molecule has 3 aromatic carbocycles. The van der Waals surface area contributed by atoms with Crippen molar-refractivity contribution in [3.05, 3.63) is 113 Å². The van der Waals surface area contributed by atoms with Gasteiger partial charge in [-0.3, -0.25) is 4.79 Å². The van der Waals surface area contributed by atoms with Gasteiger partial charge in [-0.2, -0.15) is 0 Å². The summed E-state index contributed by atoms with van der Waals surface area (Å²) in [5, 5.41) is 1.62. The van der Waals surface area contributed by atoms with Gasteiger partial charge >= 0.3 is 5.63 Å². The van der Waals surface area contributed by atoms with Crippen molar-refractivity contribution in [2.45, 2.75) is 6.10 Å². The van der Waals surface area contributed by atoms with E-state index in [9.17, 15) is 9.59 Å². The summed E-state index contributed by atoms with van der Waals surface area (Å²) < 4.78 is 11.4. The van der Waals surface area contributed by atoms with Crippen LogP contribution in [0.3, 0.4) is 0 Å². The zero-order valence-corrected chi connectivity index (χ0v) is 15.9. The van der Waals surface area contributed by atoms with E-state index in [1.165, 1.54) is 6.07 Å². The van der Waals surface area contributed by atoms with Crippen LogP contribution in [0.2, 0.25) is 0 Å². The number of H-pyrrole nitrogens is 1. The topological polar surface area (TPSA) is 72.3 Å². The van der Waals surface area contributed by atoms with E-state index in [-0.39, 0.29) is 5.78 Å². The van der Waals surface area contributed by atoms with E-state index in [1.807, 2.05) is 54.6 Å². The first-order valence-electron chi connectivity index (χ1n) is 9.55. The minimum absolute atomic E-state index is 0.159. The molecule has 0 amide bonds. The Morgan fingerprint density at radius 2 is 1.67 bits per heavy atom. The van der Waals surface area contributed by atoms with Crippen molar-refractivity contribution < 1.29 is 13.9 Å². The van der Waals surface area contributed by atoms with Crippen molar-refractivity contribution in [2.24, 2.45) is 0 Å². The van der Waals surface area contributed by atoms with E-state index >= 15 is 0 Å². The van der Waals surface area contributed by atoms with Gasteiger partial charge in [0, 0.05) is 45.7 Å². The van der Waals surface area contributed by atoms with Gasteiger partial charge in [0.1, 0.15) is 11.3 Å². The van der Waals surface area contributed by atoms with Crippen LogP contribution in [-0.2, 0) is 0 Å². The summed E-state index contributed by atoms with van der Waals surface area (Å²) in [7, 11) is 0. The maximum atomic E-state index is 13.5. The molecule has 0 aliphatic carbocycles. The van der Waals surface area contributed by atoms with Crippen LogP contribution < -0.4 is 10.4 Å². The zero-order valence-electron chi connectivity index (χ0n) is 15.9. The first kappa shape index (κ1) is 17.9. The smallest absolute Gasteiger partial charge is 0.336 e. The van der Waals surface area contributed by atoms with Crippen molar-refractivity contribution in [3.8, 4) is 5.75 Å². The number of fused-ring (bicyclic) bond motifs is 2. The minimum atomic E-state index is -0.849. The number of nitrogens with one attached hydrogen (secondary N) is 1. The molecule has 0 unspecified atom stereocenters. The second-order valence-electron chi connectivity index (χ2n) is 6.97. The largest absolute Gasteiger partial charge is 0.477 e. The molecule has 0 saturated carbocycles. The Labute approximate surface area is 171 Å². The zero-order chi connectivity index (χ0) is 20.5. The van der Waals surface area contributed by atoms with Crippen LogP contribution in [0.1, 0.15) is 22.0 Å². The predicted molar refractivity (Wildman–Crippen MR) is 115 cm³/mol. The molecule has 2 heterocycles. The fraction of sp³-hybridized carbons (Fsp3) is 0.0400. The van der Waals surface area contributed by atoms with Crippen molar-refractivity contribution >= 4 is 27.7 Å². The number of Topliss-reactive ketones (excluding diaryl/α,β-unsaturated/α-hetero) is 1. The Bertz CT molecular complexity index is 1420. The number of ketones is 1. The molecule has 0 saturated heterocycles. The predicted octanol–water partition coefficient (Wildman–Crippen LogP) is 5.28. The number of hydrogen-bond acceptors (Lipinski definition) is 4. The summed E-state index contributed by atoms with van der Waals surface area (Å²) in [5.74, 6) is 0.284. The highest BCUT2D eigenvalue weighted by Crippen LogP contribution is 2.30. The molecule has 5 rings (SSSR count). The van der Waals surface area contributed by atoms with Crippen LogP contribution in [0.25, 0.3) is 21.9 Å². The summed E-state index contributed by atoms with van der Waals surface area (Å²) >= 11 is 0. The summed E-state index contributed by atoms with van der Waals surface area (Å²) in [6.45, 7) is 0. The minimum Gasteiger partial charge on any atom is -0.477 e. The molecule has 5 nitrogen and oxygen atoms in total. The van der Waals surface area contributed by atoms with Crippen molar-refractivity contribution in [3.63, 3.8) is 0 Å². The average molecular weight is 395 g/mol. The third-order valence-electron chi connectivity index (χ3n) is 5.04. The maximum absolute atomic E-state index is 13.5. The molecule has 2 aromatic heterocycles. The third-order valence-corrected chi connectivity index (χ3v) is 5.04. The molecule has 5 aromatic rings. The molecule has 0 fully saturated rings. The van der Waals surface area contributed by atoms with Crippen LogP contribution >= 0.6 is 0 Å². The van der Waals surface area contributed by atoms with Crippen LogP contribution in [0, 0.1) is 0 Å². The normalized spacial score (nSPS) is 12.1. The summed E-state index contributed by atoms with van der Waals surface area (Å²) in [6, 6.07) is 25.3. The molecule has 0 aliphatic heterocycles. The number of aromatic nitrogens is 1. The second-order valence-corrected chi connectivity index (χ2v) is 6.97. The van der Waals surface area contributed by atoms with Gasteiger partial charge in [-0.05, 0) is 24.3 Å². The van der Waals surface area contributed by atoms with Gasteiger partial charge in [-0.1, -0.05) is 48.5 Å². The Morgan fingerprint density at radius 3 is 2.53 bits per heavy atom. The van der Waals surface area contributed by atoms with Gasteiger partial charge in [0.25, 0.3) is 0 Å². The van der Waals surface area contributed by atoms with Crippen LogP contribution in [-0.4, -0.2) is 10.8 Å². The Kier molecular flexibility index (Phi) is 4.41. The summed E-state index contributed by atoms with van der Waals surface area (Å²) in [5.41, 5.74) is 2.16. The number of benzene rings is 3. The number of ether oxygens (including phenoxy) is 1. The lowest BCUT2D eigenvalue weighted by molar-refractivity contribution is 0.0794. The quantitative estimate of drug-likeness (QED) is 0.325. The maximum Gasteiger partial charge on any atom is 0.336 e. The number of aromatic amines is 1. The number of hydrogen-bond donors (Lipinski definition) is 1. The van der Waals surface area contributed by atoms with Gasteiger partial charge in [0.15, 0.2) is 6.10 Å².